The van der Waals surface area contributed by atoms with Crippen molar-refractivity contribution in [3.05, 3.63) is 86.9 Å². The lowest BCUT2D eigenvalue weighted by atomic mass is 9.80. The Labute approximate surface area is 312 Å². The van der Waals surface area contributed by atoms with Gasteiger partial charge in [-0.2, -0.15) is 0 Å². The molecule has 4 aliphatic rings. The van der Waals surface area contributed by atoms with E-state index in [2.05, 4.69) is 14.5 Å². The molecule has 2 aromatic heterocycles. The summed E-state index contributed by atoms with van der Waals surface area (Å²) in [5.74, 6) is 0.733. The molecule has 4 aromatic rings. The Morgan fingerprint density at radius 2 is 1.81 bits per heavy atom. The van der Waals surface area contributed by atoms with Crippen LogP contribution in [0.2, 0.25) is 10.0 Å². The minimum Gasteiger partial charge on any atom is -0.469 e. The number of imidazole rings is 1. The van der Waals surface area contributed by atoms with E-state index >= 15 is 4.39 Å². The molecular formula is C40H42Cl2FN5O4. The van der Waals surface area contributed by atoms with Crippen molar-refractivity contribution in [2.45, 2.75) is 58.0 Å². The number of hydrogen-bond donors (Lipinski definition) is 1. The average Bonchev–Trinajstić information content (AvgIpc) is 3.92. The second-order valence-corrected chi connectivity index (χ2v) is 15.6. The van der Waals surface area contributed by atoms with Crippen molar-refractivity contribution in [1.82, 2.24) is 24.5 Å². The molecule has 2 aromatic carbocycles. The number of carbonyl (C=O) groups excluding carboxylic acids is 1. The van der Waals surface area contributed by atoms with E-state index in [9.17, 15) is 9.90 Å². The molecule has 1 N–H and O–H groups in total. The van der Waals surface area contributed by atoms with Crippen molar-refractivity contribution in [3.8, 4) is 28.3 Å². The number of aliphatic hydroxyl groups is 1. The molecular weight excluding hydrogens is 704 g/mol. The maximum Gasteiger partial charge on any atom is 0.311 e. The highest BCUT2D eigenvalue weighted by molar-refractivity contribution is 6.38. The molecule has 2 saturated carbocycles. The molecule has 52 heavy (non-hydrogen) atoms. The predicted molar refractivity (Wildman–Crippen MR) is 199 cm³/mol. The Morgan fingerprint density at radius 3 is 2.58 bits per heavy atom. The van der Waals surface area contributed by atoms with Gasteiger partial charge in [0.1, 0.15) is 17.3 Å². The number of nitrogens with zero attached hydrogens (tertiary/aromatic N) is 5. The lowest BCUT2D eigenvalue weighted by Crippen LogP contribution is -2.34. The standard InChI is InChI=1S/C40H42Cl2FN5O4/c1-46-33-9-15-47(16-14-39-10-12-40(24-39,13-11-39)38(50)51-2)23-32(33)45-37(46)29-8-4-7-28(36(29)42)27-6-3-5-25(35(27)41)19-30(43)31-20-34-26(21-44-31)22-48(52-34)17-18-49/h3-8,19-21,49H,9-18,22-24H2,1-2H3/b30-19-. The Balaban J connectivity index is 1.000. The summed E-state index contributed by atoms with van der Waals surface area (Å²) in [6, 6.07) is 12.9. The van der Waals surface area contributed by atoms with Crippen LogP contribution in [0.25, 0.3) is 34.4 Å². The van der Waals surface area contributed by atoms with Crippen LogP contribution in [-0.4, -0.2) is 68.9 Å². The number of benzene rings is 2. The first-order valence-corrected chi connectivity index (χ1v) is 18.7. The van der Waals surface area contributed by atoms with Crippen LogP contribution < -0.4 is 4.84 Å². The van der Waals surface area contributed by atoms with Crippen LogP contribution in [0, 0.1) is 10.8 Å². The van der Waals surface area contributed by atoms with E-state index in [1.54, 1.807) is 23.4 Å². The number of aliphatic hydroxyl groups excluding tert-OH is 1. The van der Waals surface area contributed by atoms with Crippen molar-refractivity contribution in [2.75, 3.05) is 33.4 Å². The number of rotatable bonds is 10. The zero-order valence-corrected chi connectivity index (χ0v) is 30.9. The van der Waals surface area contributed by atoms with Crippen molar-refractivity contribution in [1.29, 1.82) is 0 Å². The minimum absolute atomic E-state index is 0.0222. The minimum atomic E-state index is -0.557. The summed E-state index contributed by atoms with van der Waals surface area (Å²) in [6.45, 7) is 3.50. The van der Waals surface area contributed by atoms with Gasteiger partial charge < -0.3 is 19.2 Å². The topological polar surface area (TPSA) is 93.0 Å². The monoisotopic (exact) mass is 745 g/mol. The molecule has 0 saturated heterocycles. The second kappa shape index (κ2) is 13.9. The maximum absolute atomic E-state index is 15.6. The summed E-state index contributed by atoms with van der Waals surface area (Å²) >= 11 is 14.1. The molecule has 8 rings (SSSR count). The smallest absolute Gasteiger partial charge is 0.311 e. The molecule has 4 heterocycles. The highest BCUT2D eigenvalue weighted by Crippen LogP contribution is 2.63. The van der Waals surface area contributed by atoms with Gasteiger partial charge in [0.25, 0.3) is 0 Å². The fourth-order valence-electron chi connectivity index (χ4n) is 8.96. The van der Waals surface area contributed by atoms with Gasteiger partial charge in [-0.05, 0) is 68.2 Å². The van der Waals surface area contributed by atoms with Crippen LogP contribution >= 0.6 is 23.2 Å². The van der Waals surface area contributed by atoms with Gasteiger partial charge in [0.2, 0.25) is 0 Å². The Morgan fingerprint density at radius 1 is 1.06 bits per heavy atom. The highest BCUT2D eigenvalue weighted by atomic mass is 35.5. The van der Waals surface area contributed by atoms with Gasteiger partial charge in [-0.3, -0.25) is 14.7 Å². The number of fused-ring (bicyclic) bond motifs is 4. The predicted octanol–water partition coefficient (Wildman–Crippen LogP) is 7.90. The lowest BCUT2D eigenvalue weighted by Gasteiger charge is -2.32. The van der Waals surface area contributed by atoms with Gasteiger partial charge >= 0.3 is 5.97 Å². The molecule has 2 bridgehead atoms. The summed E-state index contributed by atoms with van der Waals surface area (Å²) in [5, 5.41) is 11.7. The van der Waals surface area contributed by atoms with Crippen molar-refractivity contribution in [3.63, 3.8) is 0 Å². The summed E-state index contributed by atoms with van der Waals surface area (Å²) in [5.41, 5.74) is 5.92. The summed E-state index contributed by atoms with van der Waals surface area (Å²) in [6.07, 6.45) is 10.0. The maximum atomic E-state index is 15.6. The Hall–Kier alpha value is -3.80. The summed E-state index contributed by atoms with van der Waals surface area (Å²) in [4.78, 5) is 30.2. The van der Waals surface area contributed by atoms with Crippen LogP contribution in [-0.2, 0) is 36.1 Å². The molecule has 12 heteroatoms. The van der Waals surface area contributed by atoms with Gasteiger partial charge in [0.15, 0.2) is 5.75 Å². The molecule has 9 nitrogen and oxygen atoms in total. The first-order chi connectivity index (χ1) is 25.1. The molecule has 0 atom stereocenters. The first-order valence-electron chi connectivity index (χ1n) is 18.0. The number of esters is 1. The normalized spacial score (nSPS) is 22.8. The van der Waals surface area contributed by atoms with Gasteiger partial charge in [0.05, 0.1) is 48.0 Å². The quantitative estimate of drug-likeness (QED) is 0.164. The van der Waals surface area contributed by atoms with E-state index < -0.39 is 5.83 Å². The molecule has 0 amide bonds. The number of methoxy groups -OCH3 is 1. The van der Waals surface area contributed by atoms with E-state index in [1.807, 2.05) is 37.4 Å². The zero-order valence-electron chi connectivity index (χ0n) is 29.4. The molecule has 2 aliphatic heterocycles. The van der Waals surface area contributed by atoms with Gasteiger partial charge in [-0.25, -0.2) is 9.37 Å². The Kier molecular flexibility index (Phi) is 9.41. The summed E-state index contributed by atoms with van der Waals surface area (Å²) in [7, 11) is 3.56. The number of aromatic nitrogens is 3. The number of hydroxylamine groups is 2. The van der Waals surface area contributed by atoms with Crippen molar-refractivity contribution >= 4 is 41.1 Å². The van der Waals surface area contributed by atoms with Crippen LogP contribution in [0.1, 0.15) is 66.7 Å². The third kappa shape index (κ3) is 6.22. The fourth-order valence-corrected chi connectivity index (χ4v) is 9.56. The molecule has 2 aliphatic carbocycles. The van der Waals surface area contributed by atoms with E-state index in [0.29, 0.717) is 40.0 Å². The number of β-amino-alcohol motifs (C(OH)–C–C–N with tert-alkyl or cyclic N) is 1. The summed E-state index contributed by atoms with van der Waals surface area (Å²) < 4.78 is 22.9. The molecule has 272 valence electrons. The van der Waals surface area contributed by atoms with E-state index in [4.69, 9.17) is 37.8 Å². The number of halogens is 3. The van der Waals surface area contributed by atoms with Gasteiger partial charge in [-0.15, -0.1) is 5.06 Å². The average molecular weight is 747 g/mol. The highest BCUT2D eigenvalue weighted by Gasteiger charge is 2.58. The Bertz CT molecular complexity index is 2070. The fraction of sp³-hybridized carbons (Fsp3) is 0.425. The van der Waals surface area contributed by atoms with Crippen LogP contribution in [0.3, 0.4) is 0 Å². The van der Waals surface area contributed by atoms with E-state index in [-0.39, 0.29) is 29.1 Å². The van der Waals surface area contributed by atoms with Crippen LogP contribution in [0.15, 0.2) is 48.7 Å². The van der Waals surface area contributed by atoms with Crippen molar-refractivity contribution in [2.24, 2.45) is 17.9 Å². The number of carbonyl (C=O) groups is 1. The van der Waals surface area contributed by atoms with Crippen LogP contribution in [0.5, 0.6) is 5.75 Å². The molecule has 2 fully saturated rings. The molecule has 0 radical (unpaired) electrons. The van der Waals surface area contributed by atoms with Gasteiger partial charge in [-0.1, -0.05) is 53.5 Å². The number of ether oxygens (including phenoxy) is 1. The number of hydrogen-bond acceptors (Lipinski definition) is 8. The first kappa shape index (κ1) is 35.2. The zero-order chi connectivity index (χ0) is 36.2. The third-order valence-corrected chi connectivity index (χ3v) is 12.7. The largest absolute Gasteiger partial charge is 0.469 e. The lowest BCUT2D eigenvalue weighted by molar-refractivity contribution is -0.152. The van der Waals surface area contributed by atoms with E-state index in [0.717, 1.165) is 92.8 Å². The second-order valence-electron chi connectivity index (χ2n) is 14.8. The van der Waals surface area contributed by atoms with Crippen molar-refractivity contribution < 1.29 is 23.9 Å². The van der Waals surface area contributed by atoms with Crippen LogP contribution in [0.4, 0.5) is 4.39 Å². The molecule has 0 spiro atoms. The SMILES string of the molecule is COC(=O)C12CCC(CCN3CCc4c(nc(-c5cccc(-c6cccc(/C=C(\F)c7cc8c(cn7)CN(CCO)O8)c6Cl)c5Cl)n4C)C3)(CC1)C2. The molecule has 0 unspecified atom stereocenters. The van der Waals surface area contributed by atoms with Gasteiger partial charge in [0, 0.05) is 66.8 Å². The third-order valence-electron chi connectivity index (χ3n) is 11.8. The van der Waals surface area contributed by atoms with E-state index in [1.165, 1.54) is 18.9 Å². The number of pyridine rings is 1.